The second kappa shape index (κ2) is 4.81. The highest BCUT2D eigenvalue weighted by Crippen LogP contribution is 2.17. The molecule has 0 bridgehead atoms. The Balaban J connectivity index is 1.81. The molecule has 5 heteroatoms. The minimum absolute atomic E-state index is 0.138. The molecule has 2 rings (SSSR count). The second-order valence-corrected chi connectivity index (χ2v) is 4.14. The Hall–Kier alpha value is -0.810. The summed E-state index contributed by atoms with van der Waals surface area (Å²) in [7, 11) is 0. The fourth-order valence-corrected chi connectivity index (χ4v) is 2.04. The van der Waals surface area contributed by atoms with E-state index in [0.717, 1.165) is 19.4 Å². The summed E-state index contributed by atoms with van der Waals surface area (Å²) in [5.41, 5.74) is 5.46. The lowest BCUT2D eigenvalue weighted by Gasteiger charge is -2.25. The standard InChI is InChI=1S/C10H18N2O3/c11-5-9-7-12(10(13)15-9)6-8-3-1-2-4-14-8/h8-9H,1-7,11H2/t8?,9-/m0/s1. The summed E-state index contributed by atoms with van der Waals surface area (Å²) in [4.78, 5) is 13.1. The Morgan fingerprint density at radius 3 is 2.87 bits per heavy atom. The van der Waals surface area contributed by atoms with Gasteiger partial charge in [0.05, 0.1) is 19.2 Å². The van der Waals surface area contributed by atoms with Crippen molar-refractivity contribution in [3.05, 3.63) is 0 Å². The third-order valence-electron chi connectivity index (χ3n) is 2.91. The van der Waals surface area contributed by atoms with Crippen LogP contribution in [0.15, 0.2) is 0 Å². The van der Waals surface area contributed by atoms with Gasteiger partial charge in [-0.15, -0.1) is 0 Å². The van der Waals surface area contributed by atoms with Gasteiger partial charge >= 0.3 is 6.09 Å². The van der Waals surface area contributed by atoms with Crippen molar-refractivity contribution in [3.8, 4) is 0 Å². The molecule has 2 aliphatic heterocycles. The molecule has 5 nitrogen and oxygen atoms in total. The number of carbonyl (C=O) groups excluding carboxylic acids is 1. The predicted molar refractivity (Wildman–Crippen MR) is 54.5 cm³/mol. The van der Waals surface area contributed by atoms with E-state index in [1.807, 2.05) is 0 Å². The maximum Gasteiger partial charge on any atom is 0.410 e. The molecule has 2 heterocycles. The van der Waals surface area contributed by atoms with E-state index in [1.54, 1.807) is 4.90 Å². The van der Waals surface area contributed by atoms with Crippen LogP contribution in [0.3, 0.4) is 0 Å². The van der Waals surface area contributed by atoms with Crippen LogP contribution < -0.4 is 5.73 Å². The highest BCUT2D eigenvalue weighted by atomic mass is 16.6. The quantitative estimate of drug-likeness (QED) is 0.735. The monoisotopic (exact) mass is 214 g/mol. The summed E-state index contributed by atoms with van der Waals surface area (Å²) in [5.74, 6) is 0. The molecule has 0 saturated carbocycles. The molecule has 2 fully saturated rings. The van der Waals surface area contributed by atoms with Crippen LogP contribution in [0.1, 0.15) is 19.3 Å². The summed E-state index contributed by atoms with van der Waals surface area (Å²) >= 11 is 0. The molecular weight excluding hydrogens is 196 g/mol. The van der Waals surface area contributed by atoms with E-state index in [-0.39, 0.29) is 18.3 Å². The topological polar surface area (TPSA) is 64.8 Å². The number of carbonyl (C=O) groups is 1. The highest BCUT2D eigenvalue weighted by Gasteiger charge is 2.32. The van der Waals surface area contributed by atoms with Crippen LogP contribution in [-0.2, 0) is 9.47 Å². The number of nitrogens with two attached hydrogens (primary N) is 1. The SMILES string of the molecule is NC[C@H]1CN(CC2CCCCO2)C(=O)O1. The summed E-state index contributed by atoms with van der Waals surface area (Å²) in [6.07, 6.45) is 3.15. The number of amides is 1. The zero-order valence-electron chi connectivity index (χ0n) is 8.85. The number of cyclic esters (lactones) is 1. The van der Waals surface area contributed by atoms with Gasteiger partial charge in [0.1, 0.15) is 6.10 Å². The molecule has 1 unspecified atom stereocenters. The Morgan fingerprint density at radius 2 is 2.27 bits per heavy atom. The van der Waals surface area contributed by atoms with E-state index in [1.165, 1.54) is 6.42 Å². The molecule has 2 saturated heterocycles. The zero-order valence-corrected chi connectivity index (χ0v) is 8.85. The largest absolute Gasteiger partial charge is 0.443 e. The van der Waals surface area contributed by atoms with Crippen molar-refractivity contribution in [1.82, 2.24) is 4.90 Å². The maximum atomic E-state index is 11.4. The van der Waals surface area contributed by atoms with Crippen molar-refractivity contribution >= 4 is 6.09 Å². The average Bonchev–Trinajstić information content (AvgIpc) is 2.61. The fraction of sp³-hybridized carbons (Fsp3) is 0.900. The first-order valence-corrected chi connectivity index (χ1v) is 5.57. The molecular formula is C10H18N2O3. The van der Waals surface area contributed by atoms with Gasteiger partial charge in [0.2, 0.25) is 0 Å². The summed E-state index contributed by atoms with van der Waals surface area (Å²) in [6.45, 7) is 2.46. The van der Waals surface area contributed by atoms with Crippen LogP contribution in [-0.4, -0.2) is 49.4 Å². The van der Waals surface area contributed by atoms with Crippen LogP contribution in [0.25, 0.3) is 0 Å². The zero-order chi connectivity index (χ0) is 10.7. The summed E-state index contributed by atoms with van der Waals surface area (Å²) in [6, 6.07) is 0. The van der Waals surface area contributed by atoms with Crippen LogP contribution in [0.4, 0.5) is 4.79 Å². The maximum absolute atomic E-state index is 11.4. The van der Waals surface area contributed by atoms with Gasteiger partial charge < -0.3 is 20.1 Å². The van der Waals surface area contributed by atoms with E-state index >= 15 is 0 Å². The van der Waals surface area contributed by atoms with Crippen molar-refractivity contribution in [1.29, 1.82) is 0 Å². The minimum atomic E-state index is -0.250. The molecule has 0 aliphatic carbocycles. The minimum Gasteiger partial charge on any atom is -0.443 e. The van der Waals surface area contributed by atoms with Crippen molar-refractivity contribution < 1.29 is 14.3 Å². The van der Waals surface area contributed by atoms with Gasteiger partial charge in [-0.1, -0.05) is 0 Å². The van der Waals surface area contributed by atoms with Crippen LogP contribution >= 0.6 is 0 Å². The van der Waals surface area contributed by atoms with Gasteiger partial charge in [-0.25, -0.2) is 4.79 Å². The molecule has 0 radical (unpaired) electrons. The first kappa shape index (κ1) is 10.7. The smallest absolute Gasteiger partial charge is 0.410 e. The lowest BCUT2D eigenvalue weighted by Crippen LogP contribution is -2.37. The van der Waals surface area contributed by atoms with Gasteiger partial charge in [0.15, 0.2) is 0 Å². The van der Waals surface area contributed by atoms with Crippen molar-refractivity contribution in [2.24, 2.45) is 5.73 Å². The lowest BCUT2D eigenvalue weighted by molar-refractivity contribution is 0.00223. The lowest BCUT2D eigenvalue weighted by atomic mass is 10.1. The Labute approximate surface area is 89.5 Å². The molecule has 2 N–H and O–H groups in total. The second-order valence-electron chi connectivity index (χ2n) is 4.14. The van der Waals surface area contributed by atoms with Crippen LogP contribution in [0.5, 0.6) is 0 Å². The number of nitrogens with zero attached hydrogens (tertiary/aromatic N) is 1. The normalized spacial score (nSPS) is 31.8. The molecule has 2 aliphatic rings. The van der Waals surface area contributed by atoms with Crippen LogP contribution in [0, 0.1) is 0 Å². The van der Waals surface area contributed by atoms with E-state index < -0.39 is 0 Å². The van der Waals surface area contributed by atoms with E-state index in [2.05, 4.69) is 0 Å². The first-order valence-electron chi connectivity index (χ1n) is 5.57. The van der Waals surface area contributed by atoms with Gasteiger partial charge in [-0.2, -0.15) is 0 Å². The van der Waals surface area contributed by atoms with E-state index in [9.17, 15) is 4.79 Å². The highest BCUT2D eigenvalue weighted by molar-refractivity contribution is 5.69. The summed E-state index contributed by atoms with van der Waals surface area (Å²) in [5, 5.41) is 0. The molecule has 0 aromatic carbocycles. The molecule has 15 heavy (non-hydrogen) atoms. The Morgan fingerprint density at radius 1 is 1.40 bits per heavy atom. The number of hydrogen-bond acceptors (Lipinski definition) is 4. The van der Waals surface area contributed by atoms with Crippen molar-refractivity contribution in [2.75, 3.05) is 26.2 Å². The molecule has 2 atom stereocenters. The third kappa shape index (κ3) is 2.60. The fourth-order valence-electron chi connectivity index (χ4n) is 2.04. The number of hydrogen-bond donors (Lipinski definition) is 1. The van der Waals surface area contributed by atoms with Gasteiger partial charge in [-0.3, -0.25) is 0 Å². The number of ether oxygens (including phenoxy) is 2. The van der Waals surface area contributed by atoms with Gasteiger partial charge in [-0.05, 0) is 19.3 Å². The van der Waals surface area contributed by atoms with Crippen molar-refractivity contribution in [2.45, 2.75) is 31.5 Å². The molecule has 0 aromatic rings. The Bertz CT molecular complexity index is 229. The number of rotatable bonds is 3. The van der Waals surface area contributed by atoms with Crippen LogP contribution in [0.2, 0.25) is 0 Å². The summed E-state index contributed by atoms with van der Waals surface area (Å²) < 4.78 is 10.6. The molecule has 1 amide bonds. The molecule has 0 aromatic heterocycles. The Kier molecular flexibility index (Phi) is 3.43. The first-order chi connectivity index (χ1) is 7.29. The third-order valence-corrected chi connectivity index (χ3v) is 2.91. The van der Waals surface area contributed by atoms with Gasteiger partial charge in [0.25, 0.3) is 0 Å². The van der Waals surface area contributed by atoms with Crippen molar-refractivity contribution in [3.63, 3.8) is 0 Å². The molecule has 0 spiro atoms. The molecule has 86 valence electrons. The van der Waals surface area contributed by atoms with E-state index in [0.29, 0.717) is 19.6 Å². The average molecular weight is 214 g/mol. The van der Waals surface area contributed by atoms with Gasteiger partial charge in [0, 0.05) is 13.2 Å². The predicted octanol–water partition coefficient (Wildman–Crippen LogP) is 0.335. The van der Waals surface area contributed by atoms with E-state index in [4.69, 9.17) is 15.2 Å².